The Hall–Kier alpha value is -1.33. The lowest BCUT2D eigenvalue weighted by molar-refractivity contribution is 0.0697. The quantitative estimate of drug-likeness (QED) is 0.854. The second kappa shape index (κ2) is 5.75. The van der Waals surface area contributed by atoms with E-state index in [0.717, 1.165) is 26.1 Å². The van der Waals surface area contributed by atoms with Crippen LogP contribution in [-0.2, 0) is 0 Å². The van der Waals surface area contributed by atoms with E-state index in [4.69, 9.17) is 16.7 Å². The molecule has 1 unspecified atom stereocenters. The molecule has 2 rings (SSSR count). The summed E-state index contributed by atoms with van der Waals surface area (Å²) in [5.74, 6) is 0.211. The molecule has 1 aliphatic heterocycles. The number of carbonyl (C=O) groups is 1. The van der Waals surface area contributed by atoms with Crippen LogP contribution in [0, 0.1) is 5.92 Å². The molecule has 1 saturated heterocycles. The van der Waals surface area contributed by atoms with Crippen molar-refractivity contribution in [1.29, 1.82) is 0 Å². The number of carboxylic acids is 1. The minimum absolute atomic E-state index is 0.172. The molecule has 1 atom stereocenters. The fourth-order valence-corrected chi connectivity index (χ4v) is 2.66. The number of carboxylic acid groups (broad SMARTS) is 1. The normalized spacial score (nSPS) is 19.6. The molecule has 104 valence electrons. The number of halogens is 1. The van der Waals surface area contributed by atoms with Crippen LogP contribution in [0.1, 0.15) is 16.8 Å². The van der Waals surface area contributed by atoms with E-state index >= 15 is 0 Å². The molecule has 0 aromatic carbocycles. The van der Waals surface area contributed by atoms with E-state index in [2.05, 4.69) is 16.9 Å². The summed E-state index contributed by atoms with van der Waals surface area (Å²) in [6, 6.07) is 2.93. The van der Waals surface area contributed by atoms with Crippen LogP contribution in [0.5, 0.6) is 0 Å². The van der Waals surface area contributed by atoms with Gasteiger partial charge in [-0.05, 0) is 38.1 Å². The summed E-state index contributed by atoms with van der Waals surface area (Å²) in [4.78, 5) is 19.5. The first-order chi connectivity index (χ1) is 8.95. The summed E-state index contributed by atoms with van der Waals surface area (Å²) in [6.07, 6.45) is 1.16. The summed E-state index contributed by atoms with van der Waals surface area (Å²) < 4.78 is 0. The van der Waals surface area contributed by atoms with Crippen LogP contribution in [0.4, 0.5) is 5.82 Å². The van der Waals surface area contributed by atoms with Gasteiger partial charge in [-0.1, -0.05) is 11.6 Å². The highest BCUT2D eigenvalue weighted by atomic mass is 35.5. The average Bonchev–Trinajstić information content (AvgIpc) is 2.73. The number of aromatic carboxylic acids is 1. The Kier molecular flexibility index (Phi) is 4.27. The van der Waals surface area contributed by atoms with Crippen molar-refractivity contribution < 1.29 is 9.90 Å². The molecule has 2 heterocycles. The predicted molar refractivity (Wildman–Crippen MR) is 75.1 cm³/mol. The highest BCUT2D eigenvalue weighted by Crippen LogP contribution is 2.21. The predicted octanol–water partition coefficient (Wildman–Crippen LogP) is 1.82. The molecule has 1 aliphatic rings. The second-order valence-electron chi connectivity index (χ2n) is 5.14. The van der Waals surface area contributed by atoms with Gasteiger partial charge in [0.2, 0.25) is 0 Å². The highest BCUT2D eigenvalue weighted by molar-refractivity contribution is 6.29. The van der Waals surface area contributed by atoms with Crippen molar-refractivity contribution in [3.05, 3.63) is 22.8 Å². The molecule has 0 radical (unpaired) electrons. The minimum Gasteiger partial charge on any atom is -0.478 e. The van der Waals surface area contributed by atoms with Gasteiger partial charge in [0.05, 0.1) is 5.56 Å². The van der Waals surface area contributed by atoms with Crippen LogP contribution in [0.3, 0.4) is 0 Å². The van der Waals surface area contributed by atoms with E-state index in [1.807, 2.05) is 11.9 Å². The number of hydrogen-bond donors (Lipinski definition) is 1. The number of anilines is 1. The molecule has 1 fully saturated rings. The summed E-state index contributed by atoms with van der Waals surface area (Å²) >= 11 is 5.87. The SMILES string of the molecule is CN1CCC(CN(C)c2cc(C(=O)O)cc(Cl)n2)C1. The van der Waals surface area contributed by atoms with Gasteiger partial charge in [-0.15, -0.1) is 0 Å². The zero-order chi connectivity index (χ0) is 14.0. The van der Waals surface area contributed by atoms with Crippen molar-refractivity contribution in [1.82, 2.24) is 9.88 Å². The maximum absolute atomic E-state index is 11.0. The molecule has 1 aromatic rings. The first kappa shape index (κ1) is 14.1. The molecule has 6 heteroatoms. The van der Waals surface area contributed by atoms with Crippen molar-refractivity contribution in [2.45, 2.75) is 6.42 Å². The van der Waals surface area contributed by atoms with Gasteiger partial charge in [-0.25, -0.2) is 9.78 Å². The van der Waals surface area contributed by atoms with Crippen LogP contribution in [0.15, 0.2) is 12.1 Å². The summed E-state index contributed by atoms with van der Waals surface area (Å²) in [6.45, 7) is 3.04. The number of rotatable bonds is 4. The van der Waals surface area contributed by atoms with Gasteiger partial charge in [-0.3, -0.25) is 0 Å². The number of likely N-dealkylation sites (tertiary alicyclic amines) is 1. The molecule has 19 heavy (non-hydrogen) atoms. The molecule has 1 aromatic heterocycles. The standard InChI is InChI=1S/C13H18ClN3O2/c1-16-4-3-9(7-16)8-17(2)12-6-10(13(18)19)5-11(14)15-12/h5-6,9H,3-4,7-8H2,1-2H3,(H,18,19). The third-order valence-corrected chi connectivity index (χ3v) is 3.63. The topological polar surface area (TPSA) is 56.7 Å². The van der Waals surface area contributed by atoms with Gasteiger partial charge < -0.3 is 14.9 Å². The molecule has 1 N–H and O–H groups in total. The Morgan fingerprint density at radius 1 is 1.63 bits per heavy atom. The molecule has 0 saturated carbocycles. The molecule has 0 spiro atoms. The zero-order valence-corrected chi connectivity index (χ0v) is 11.9. The molecular weight excluding hydrogens is 266 g/mol. The van der Waals surface area contributed by atoms with Gasteiger partial charge >= 0.3 is 5.97 Å². The minimum atomic E-state index is -0.987. The lowest BCUT2D eigenvalue weighted by Gasteiger charge is -2.22. The molecule has 0 aliphatic carbocycles. The first-order valence-electron chi connectivity index (χ1n) is 6.26. The Bertz CT molecular complexity index is 481. The van der Waals surface area contributed by atoms with E-state index in [0.29, 0.717) is 11.7 Å². The maximum Gasteiger partial charge on any atom is 0.335 e. The fraction of sp³-hybridized carbons (Fsp3) is 0.538. The van der Waals surface area contributed by atoms with Gasteiger partial charge in [0, 0.05) is 20.1 Å². The Morgan fingerprint density at radius 2 is 2.37 bits per heavy atom. The van der Waals surface area contributed by atoms with Gasteiger partial charge in [0.1, 0.15) is 11.0 Å². The number of nitrogens with zero attached hydrogens (tertiary/aromatic N) is 3. The second-order valence-corrected chi connectivity index (χ2v) is 5.53. The van der Waals surface area contributed by atoms with Crippen LogP contribution in [0.25, 0.3) is 0 Å². The van der Waals surface area contributed by atoms with E-state index in [-0.39, 0.29) is 10.7 Å². The van der Waals surface area contributed by atoms with Crippen LogP contribution in [0.2, 0.25) is 5.15 Å². The van der Waals surface area contributed by atoms with Crippen molar-refractivity contribution in [2.75, 3.05) is 38.6 Å². The number of pyridine rings is 1. The van der Waals surface area contributed by atoms with Gasteiger partial charge in [0.25, 0.3) is 0 Å². The van der Waals surface area contributed by atoms with Crippen molar-refractivity contribution >= 4 is 23.4 Å². The molecule has 0 amide bonds. The fourth-order valence-electron chi connectivity index (χ4n) is 2.46. The Labute approximate surface area is 117 Å². The summed E-state index contributed by atoms with van der Waals surface area (Å²) in [7, 11) is 4.03. The molecule has 0 bridgehead atoms. The summed E-state index contributed by atoms with van der Waals surface area (Å²) in [5.41, 5.74) is 0.172. The van der Waals surface area contributed by atoms with Crippen molar-refractivity contribution in [3.63, 3.8) is 0 Å². The van der Waals surface area contributed by atoms with Gasteiger partial charge in [0.15, 0.2) is 0 Å². The van der Waals surface area contributed by atoms with E-state index < -0.39 is 5.97 Å². The van der Waals surface area contributed by atoms with Crippen LogP contribution >= 0.6 is 11.6 Å². The molecule has 5 nitrogen and oxygen atoms in total. The smallest absolute Gasteiger partial charge is 0.335 e. The lowest BCUT2D eigenvalue weighted by atomic mass is 10.1. The van der Waals surface area contributed by atoms with Crippen molar-refractivity contribution in [2.24, 2.45) is 5.92 Å². The number of hydrogen-bond acceptors (Lipinski definition) is 4. The monoisotopic (exact) mass is 283 g/mol. The maximum atomic E-state index is 11.0. The van der Waals surface area contributed by atoms with Crippen LogP contribution < -0.4 is 4.90 Å². The van der Waals surface area contributed by atoms with Gasteiger partial charge in [-0.2, -0.15) is 0 Å². The average molecular weight is 284 g/mol. The molecular formula is C13H18ClN3O2. The third-order valence-electron chi connectivity index (χ3n) is 3.44. The van der Waals surface area contributed by atoms with E-state index in [9.17, 15) is 4.79 Å². The van der Waals surface area contributed by atoms with E-state index in [1.165, 1.54) is 6.07 Å². The third kappa shape index (κ3) is 3.58. The zero-order valence-electron chi connectivity index (χ0n) is 11.1. The van der Waals surface area contributed by atoms with E-state index in [1.54, 1.807) is 6.07 Å². The van der Waals surface area contributed by atoms with Crippen LogP contribution in [-0.4, -0.2) is 54.7 Å². The highest BCUT2D eigenvalue weighted by Gasteiger charge is 2.21. The summed E-state index contributed by atoms with van der Waals surface area (Å²) in [5, 5.41) is 9.24. The number of aromatic nitrogens is 1. The largest absolute Gasteiger partial charge is 0.478 e. The van der Waals surface area contributed by atoms with Crippen molar-refractivity contribution in [3.8, 4) is 0 Å². The Balaban J connectivity index is 2.10. The lowest BCUT2D eigenvalue weighted by Crippen LogP contribution is -2.28. The Morgan fingerprint density at radius 3 is 2.95 bits per heavy atom. The first-order valence-corrected chi connectivity index (χ1v) is 6.64.